The highest BCUT2D eigenvalue weighted by Crippen LogP contribution is 2.29. The van der Waals surface area contributed by atoms with Crippen LogP contribution in [0.4, 0.5) is 0 Å². The molecule has 3 rings (SSSR count). The van der Waals surface area contributed by atoms with E-state index in [4.69, 9.17) is 0 Å². The molecule has 2 unspecified atom stereocenters. The van der Waals surface area contributed by atoms with Crippen molar-refractivity contribution in [3.63, 3.8) is 0 Å². The van der Waals surface area contributed by atoms with Gasteiger partial charge in [-0.05, 0) is 20.8 Å². The average Bonchev–Trinajstić information content (AvgIpc) is 3.09. The summed E-state index contributed by atoms with van der Waals surface area (Å²) >= 11 is 0. The second kappa shape index (κ2) is 6.39. The Bertz CT molecular complexity index is 746. The van der Waals surface area contributed by atoms with E-state index in [-0.39, 0.29) is 17.9 Å². The molecule has 0 spiro atoms. The molecule has 1 N–H and O–H groups in total. The number of aromatic nitrogens is 4. The standard InChI is InChI=1S/C17H26N6O/c1-11(15-12(2)20-22(5)13(15)3)17(24)23-9-6-18-10-14(23)16-19-7-8-21(16)4/h7-8,11,14,18H,6,9-10H2,1-5H3. The van der Waals surface area contributed by atoms with Crippen LogP contribution >= 0.6 is 0 Å². The Morgan fingerprint density at radius 1 is 1.38 bits per heavy atom. The number of nitrogens with one attached hydrogen (secondary N) is 1. The Hall–Kier alpha value is -2.15. The molecule has 1 saturated heterocycles. The largest absolute Gasteiger partial charge is 0.336 e. The molecule has 1 aliphatic heterocycles. The van der Waals surface area contributed by atoms with Crippen molar-refractivity contribution in [1.29, 1.82) is 0 Å². The van der Waals surface area contributed by atoms with Gasteiger partial charge in [0, 0.05) is 57.4 Å². The Kier molecular flexibility index (Phi) is 4.45. The summed E-state index contributed by atoms with van der Waals surface area (Å²) in [5.41, 5.74) is 3.02. The van der Waals surface area contributed by atoms with Gasteiger partial charge in [-0.15, -0.1) is 0 Å². The molecule has 24 heavy (non-hydrogen) atoms. The molecule has 2 atom stereocenters. The number of piperazine rings is 1. The first-order valence-corrected chi connectivity index (χ1v) is 8.40. The lowest BCUT2D eigenvalue weighted by Gasteiger charge is -2.37. The molecule has 130 valence electrons. The van der Waals surface area contributed by atoms with Gasteiger partial charge in [-0.3, -0.25) is 9.48 Å². The molecule has 0 bridgehead atoms. The fraction of sp³-hybridized carbons (Fsp3) is 0.588. The van der Waals surface area contributed by atoms with Gasteiger partial charge in [0.1, 0.15) is 11.9 Å². The van der Waals surface area contributed by atoms with Gasteiger partial charge in [-0.25, -0.2) is 4.98 Å². The number of hydrogen-bond donors (Lipinski definition) is 1. The van der Waals surface area contributed by atoms with Crippen LogP contribution in [0.2, 0.25) is 0 Å². The highest BCUT2D eigenvalue weighted by atomic mass is 16.2. The molecule has 0 aliphatic carbocycles. The molecule has 3 heterocycles. The monoisotopic (exact) mass is 330 g/mol. The van der Waals surface area contributed by atoms with Crippen LogP contribution in [0.1, 0.15) is 41.7 Å². The molecule has 7 heteroatoms. The number of imidazole rings is 1. The molecule has 1 amide bonds. The van der Waals surface area contributed by atoms with Crippen LogP contribution in [-0.4, -0.2) is 49.8 Å². The predicted molar refractivity (Wildman–Crippen MR) is 91.6 cm³/mol. The third-order valence-corrected chi connectivity index (χ3v) is 5.05. The van der Waals surface area contributed by atoms with Gasteiger partial charge in [0.15, 0.2) is 0 Å². The zero-order valence-electron chi connectivity index (χ0n) is 15.1. The third-order valence-electron chi connectivity index (χ3n) is 5.05. The van der Waals surface area contributed by atoms with Crippen LogP contribution in [0.25, 0.3) is 0 Å². The maximum Gasteiger partial charge on any atom is 0.230 e. The zero-order chi connectivity index (χ0) is 17.4. The SMILES string of the molecule is Cc1nn(C)c(C)c1C(C)C(=O)N1CCNCC1c1nccn1C. The van der Waals surface area contributed by atoms with E-state index in [9.17, 15) is 4.79 Å². The van der Waals surface area contributed by atoms with Crippen LogP contribution in [-0.2, 0) is 18.9 Å². The molecular formula is C17H26N6O. The van der Waals surface area contributed by atoms with Crippen molar-refractivity contribution in [2.75, 3.05) is 19.6 Å². The summed E-state index contributed by atoms with van der Waals surface area (Å²) in [5.74, 6) is 0.852. The van der Waals surface area contributed by atoms with Gasteiger partial charge in [-0.2, -0.15) is 5.10 Å². The number of carbonyl (C=O) groups is 1. The first-order valence-electron chi connectivity index (χ1n) is 8.40. The van der Waals surface area contributed by atoms with Gasteiger partial charge in [0.05, 0.1) is 11.6 Å². The van der Waals surface area contributed by atoms with Gasteiger partial charge in [0.2, 0.25) is 5.91 Å². The zero-order valence-corrected chi connectivity index (χ0v) is 15.1. The third kappa shape index (κ3) is 2.73. The molecule has 7 nitrogen and oxygen atoms in total. The lowest BCUT2D eigenvalue weighted by molar-refractivity contribution is -0.136. The normalized spacial score (nSPS) is 19.5. The van der Waals surface area contributed by atoms with Crippen LogP contribution in [0.15, 0.2) is 12.4 Å². The number of amides is 1. The summed E-state index contributed by atoms with van der Waals surface area (Å²) < 4.78 is 3.84. The second-order valence-electron chi connectivity index (χ2n) is 6.58. The highest BCUT2D eigenvalue weighted by molar-refractivity contribution is 5.84. The average molecular weight is 330 g/mol. The fourth-order valence-corrected chi connectivity index (χ4v) is 3.69. The summed E-state index contributed by atoms with van der Waals surface area (Å²) in [7, 11) is 3.89. The van der Waals surface area contributed by atoms with Gasteiger partial charge in [-0.1, -0.05) is 0 Å². The number of nitrogens with zero attached hydrogens (tertiary/aromatic N) is 5. The Labute approximate surface area is 142 Å². The summed E-state index contributed by atoms with van der Waals surface area (Å²) in [6.45, 7) is 8.21. The van der Waals surface area contributed by atoms with E-state index in [0.717, 1.165) is 35.9 Å². The van der Waals surface area contributed by atoms with E-state index in [1.165, 1.54) is 0 Å². The highest BCUT2D eigenvalue weighted by Gasteiger charge is 2.34. The van der Waals surface area contributed by atoms with Crippen molar-refractivity contribution in [3.8, 4) is 0 Å². The van der Waals surface area contributed by atoms with Crippen LogP contribution in [0.3, 0.4) is 0 Å². The minimum Gasteiger partial charge on any atom is -0.336 e. The van der Waals surface area contributed by atoms with Crippen molar-refractivity contribution in [2.24, 2.45) is 14.1 Å². The topological polar surface area (TPSA) is 68.0 Å². The second-order valence-corrected chi connectivity index (χ2v) is 6.58. The molecule has 2 aromatic heterocycles. The van der Waals surface area contributed by atoms with Gasteiger partial charge in [0.25, 0.3) is 0 Å². The van der Waals surface area contributed by atoms with Crippen LogP contribution in [0.5, 0.6) is 0 Å². The molecule has 0 saturated carbocycles. The van der Waals surface area contributed by atoms with Crippen molar-refractivity contribution in [1.82, 2.24) is 29.5 Å². The van der Waals surface area contributed by atoms with Gasteiger partial charge < -0.3 is 14.8 Å². The minimum atomic E-state index is -0.209. The molecule has 1 fully saturated rings. The predicted octanol–water partition coefficient (Wildman–Crippen LogP) is 1.05. The maximum atomic E-state index is 13.3. The van der Waals surface area contributed by atoms with E-state index in [2.05, 4.69) is 15.4 Å². The molecule has 2 aromatic rings. The van der Waals surface area contributed by atoms with Crippen molar-refractivity contribution < 1.29 is 4.79 Å². The van der Waals surface area contributed by atoms with Gasteiger partial charge >= 0.3 is 0 Å². The molecule has 0 radical (unpaired) electrons. The van der Waals surface area contributed by atoms with E-state index >= 15 is 0 Å². The summed E-state index contributed by atoms with van der Waals surface area (Å²) in [5, 5.41) is 7.84. The van der Waals surface area contributed by atoms with Crippen molar-refractivity contribution in [2.45, 2.75) is 32.7 Å². The molecular weight excluding hydrogens is 304 g/mol. The summed E-state index contributed by atoms with van der Waals surface area (Å²) in [6, 6.07) is -0.0361. The van der Waals surface area contributed by atoms with E-state index in [0.29, 0.717) is 6.54 Å². The van der Waals surface area contributed by atoms with E-state index in [1.807, 2.05) is 55.2 Å². The lowest BCUT2D eigenvalue weighted by Crippen LogP contribution is -2.50. The van der Waals surface area contributed by atoms with Crippen molar-refractivity contribution in [3.05, 3.63) is 35.2 Å². The first-order chi connectivity index (χ1) is 11.4. The van der Waals surface area contributed by atoms with E-state index in [1.54, 1.807) is 6.20 Å². The number of hydrogen-bond acceptors (Lipinski definition) is 4. The van der Waals surface area contributed by atoms with Crippen molar-refractivity contribution >= 4 is 5.91 Å². The number of aryl methyl sites for hydroxylation is 3. The smallest absolute Gasteiger partial charge is 0.230 e. The summed E-state index contributed by atoms with van der Waals surface area (Å²) in [4.78, 5) is 19.7. The number of rotatable bonds is 3. The molecule has 0 aromatic carbocycles. The molecule has 1 aliphatic rings. The van der Waals surface area contributed by atoms with Crippen LogP contribution < -0.4 is 5.32 Å². The quantitative estimate of drug-likeness (QED) is 0.913. The summed E-state index contributed by atoms with van der Waals surface area (Å²) in [6.07, 6.45) is 3.71. The number of carbonyl (C=O) groups excluding carboxylic acids is 1. The maximum absolute atomic E-state index is 13.3. The Morgan fingerprint density at radius 3 is 2.71 bits per heavy atom. The first kappa shape index (κ1) is 16.7. The lowest BCUT2D eigenvalue weighted by atomic mass is 9.96. The van der Waals surface area contributed by atoms with E-state index < -0.39 is 0 Å². The Morgan fingerprint density at radius 2 is 2.12 bits per heavy atom. The van der Waals surface area contributed by atoms with Crippen LogP contribution in [0, 0.1) is 13.8 Å². The fourth-order valence-electron chi connectivity index (χ4n) is 3.69. The Balaban J connectivity index is 1.90. The minimum absolute atomic E-state index is 0.0361.